The van der Waals surface area contributed by atoms with Gasteiger partial charge in [0.15, 0.2) is 0 Å². The van der Waals surface area contributed by atoms with Crippen molar-refractivity contribution in [1.82, 2.24) is 20.0 Å². The third-order valence-corrected chi connectivity index (χ3v) is 5.36. The van der Waals surface area contributed by atoms with Gasteiger partial charge in [-0.2, -0.15) is 5.10 Å². The molecule has 1 aromatic heterocycles. The zero-order valence-electron chi connectivity index (χ0n) is 13.3. The molecular weight excluding hydrogens is 272 g/mol. The summed E-state index contributed by atoms with van der Waals surface area (Å²) in [4.78, 5) is 2.38. The second kappa shape index (κ2) is 6.04. The summed E-state index contributed by atoms with van der Waals surface area (Å²) in [5.74, 6) is 0.822. The maximum Gasteiger partial charge on any atom is 0.0834 e. The van der Waals surface area contributed by atoms with Crippen LogP contribution in [0, 0.1) is 5.92 Å². The van der Waals surface area contributed by atoms with Crippen molar-refractivity contribution < 1.29 is 0 Å². The average Bonchev–Trinajstić information content (AvgIpc) is 2.73. The number of hydrogen-bond acceptors (Lipinski definition) is 3. The highest BCUT2D eigenvalue weighted by Crippen LogP contribution is 2.44. The normalized spacial score (nSPS) is 28.9. The minimum absolute atomic E-state index is 0.110. The number of aryl methyl sites for hydroxylation is 1. The lowest BCUT2D eigenvalue weighted by Gasteiger charge is -2.49. The topological polar surface area (TPSA) is 33.1 Å². The Morgan fingerprint density at radius 1 is 1.45 bits per heavy atom. The highest BCUT2D eigenvalue weighted by Gasteiger charge is 2.44. The van der Waals surface area contributed by atoms with Crippen molar-refractivity contribution in [2.75, 3.05) is 21.1 Å². The van der Waals surface area contributed by atoms with E-state index in [0.717, 1.165) is 16.6 Å². The minimum atomic E-state index is 0.110. The predicted molar refractivity (Wildman–Crippen MR) is 84.1 cm³/mol. The summed E-state index contributed by atoms with van der Waals surface area (Å²) in [5.41, 5.74) is 1.20. The van der Waals surface area contributed by atoms with Crippen molar-refractivity contribution in [1.29, 1.82) is 0 Å². The number of nitrogens with one attached hydrogen (secondary N) is 1. The molecule has 1 unspecified atom stereocenters. The van der Waals surface area contributed by atoms with E-state index in [1.54, 1.807) is 6.20 Å². The van der Waals surface area contributed by atoms with Crippen LogP contribution < -0.4 is 5.32 Å². The van der Waals surface area contributed by atoms with Crippen molar-refractivity contribution in [3.8, 4) is 0 Å². The molecule has 4 nitrogen and oxygen atoms in total. The first-order valence-corrected chi connectivity index (χ1v) is 7.82. The summed E-state index contributed by atoms with van der Waals surface area (Å²) in [6, 6.07) is 0.199. The molecule has 114 valence electrons. The Balaban J connectivity index is 2.41. The molecule has 1 N–H and O–H groups in total. The first kappa shape index (κ1) is 15.8. The molecule has 0 spiro atoms. The standard InChI is InChI=1S/C15H27ClN4/c1-11-6-8-15(9-7-11,19(3)4)14(17-2)13-12(16)10-18-20(13)5/h10-11,14,17H,6-9H2,1-5H3. The van der Waals surface area contributed by atoms with Gasteiger partial charge in [-0.05, 0) is 52.7 Å². The van der Waals surface area contributed by atoms with Gasteiger partial charge in [-0.25, -0.2) is 0 Å². The van der Waals surface area contributed by atoms with E-state index in [1.165, 1.54) is 25.7 Å². The van der Waals surface area contributed by atoms with E-state index >= 15 is 0 Å². The van der Waals surface area contributed by atoms with E-state index in [1.807, 2.05) is 18.8 Å². The molecule has 0 aliphatic heterocycles. The summed E-state index contributed by atoms with van der Waals surface area (Å²) >= 11 is 6.39. The third kappa shape index (κ3) is 2.61. The Morgan fingerprint density at radius 2 is 2.05 bits per heavy atom. The summed E-state index contributed by atoms with van der Waals surface area (Å²) in [5, 5.41) is 8.57. The van der Waals surface area contributed by atoms with E-state index in [4.69, 9.17) is 11.6 Å². The highest BCUT2D eigenvalue weighted by molar-refractivity contribution is 6.31. The number of aromatic nitrogens is 2. The van der Waals surface area contributed by atoms with Gasteiger partial charge in [0.2, 0.25) is 0 Å². The third-order valence-electron chi connectivity index (χ3n) is 5.07. The molecule has 1 aliphatic carbocycles. The lowest BCUT2D eigenvalue weighted by Crippen LogP contribution is -2.55. The van der Waals surface area contributed by atoms with Gasteiger partial charge in [0.1, 0.15) is 0 Å². The van der Waals surface area contributed by atoms with Crippen molar-refractivity contribution in [2.24, 2.45) is 13.0 Å². The smallest absolute Gasteiger partial charge is 0.0834 e. The van der Waals surface area contributed by atoms with E-state index in [0.29, 0.717) is 0 Å². The fraction of sp³-hybridized carbons (Fsp3) is 0.800. The maximum absolute atomic E-state index is 6.39. The second-order valence-corrected chi connectivity index (χ2v) is 6.81. The van der Waals surface area contributed by atoms with Gasteiger partial charge < -0.3 is 10.2 Å². The van der Waals surface area contributed by atoms with Gasteiger partial charge in [0.25, 0.3) is 0 Å². The highest BCUT2D eigenvalue weighted by atomic mass is 35.5. The quantitative estimate of drug-likeness (QED) is 0.928. The van der Waals surface area contributed by atoms with Gasteiger partial charge >= 0.3 is 0 Å². The van der Waals surface area contributed by atoms with Crippen LogP contribution in [-0.2, 0) is 7.05 Å². The SMILES string of the molecule is CNC(c1c(Cl)cnn1C)C1(N(C)C)CCC(C)CC1. The zero-order chi connectivity index (χ0) is 14.9. The van der Waals surface area contributed by atoms with Crippen molar-refractivity contribution in [3.05, 3.63) is 16.9 Å². The summed E-state index contributed by atoms with van der Waals surface area (Å²) in [6.45, 7) is 2.35. The summed E-state index contributed by atoms with van der Waals surface area (Å²) in [6.07, 6.45) is 6.66. The molecule has 0 amide bonds. The van der Waals surface area contributed by atoms with Crippen molar-refractivity contribution in [3.63, 3.8) is 0 Å². The van der Waals surface area contributed by atoms with Gasteiger partial charge in [-0.15, -0.1) is 0 Å². The van der Waals surface area contributed by atoms with Crippen LogP contribution in [0.5, 0.6) is 0 Å². The van der Waals surface area contributed by atoms with Crippen LogP contribution in [0.2, 0.25) is 5.02 Å². The van der Waals surface area contributed by atoms with Crippen LogP contribution in [0.15, 0.2) is 6.20 Å². The molecular formula is C15H27ClN4. The molecule has 20 heavy (non-hydrogen) atoms. The fourth-order valence-corrected chi connectivity index (χ4v) is 3.94. The number of nitrogens with zero attached hydrogens (tertiary/aromatic N) is 3. The first-order chi connectivity index (χ1) is 9.42. The Hall–Kier alpha value is -0.580. The Morgan fingerprint density at radius 3 is 2.45 bits per heavy atom. The number of halogens is 1. The van der Waals surface area contributed by atoms with E-state index < -0.39 is 0 Å². The van der Waals surface area contributed by atoms with Gasteiger partial charge in [0.05, 0.1) is 23.0 Å². The van der Waals surface area contributed by atoms with Crippen LogP contribution in [0.4, 0.5) is 0 Å². The maximum atomic E-state index is 6.39. The van der Waals surface area contributed by atoms with Crippen LogP contribution >= 0.6 is 11.6 Å². The lowest BCUT2D eigenvalue weighted by atomic mass is 9.71. The fourth-order valence-electron chi connectivity index (χ4n) is 3.66. The molecule has 5 heteroatoms. The predicted octanol–water partition coefficient (Wildman–Crippen LogP) is 2.84. The van der Waals surface area contributed by atoms with Crippen LogP contribution in [0.1, 0.15) is 44.3 Å². The lowest BCUT2D eigenvalue weighted by molar-refractivity contribution is 0.0428. The summed E-state index contributed by atoms with van der Waals surface area (Å²) < 4.78 is 1.91. The Bertz CT molecular complexity index is 427. The monoisotopic (exact) mass is 298 g/mol. The molecule has 1 aromatic rings. The first-order valence-electron chi connectivity index (χ1n) is 7.44. The van der Waals surface area contributed by atoms with Crippen LogP contribution in [0.25, 0.3) is 0 Å². The Labute approximate surface area is 127 Å². The molecule has 2 rings (SSSR count). The molecule has 1 atom stereocenters. The molecule has 0 saturated heterocycles. The van der Waals surface area contributed by atoms with E-state index in [-0.39, 0.29) is 11.6 Å². The van der Waals surface area contributed by atoms with Gasteiger partial charge in [0, 0.05) is 12.6 Å². The molecule has 0 aromatic carbocycles. The largest absolute Gasteiger partial charge is 0.310 e. The minimum Gasteiger partial charge on any atom is -0.310 e. The van der Waals surface area contributed by atoms with Gasteiger partial charge in [-0.1, -0.05) is 18.5 Å². The number of hydrogen-bond donors (Lipinski definition) is 1. The van der Waals surface area contributed by atoms with Crippen molar-refractivity contribution >= 4 is 11.6 Å². The number of rotatable bonds is 4. The molecule has 1 aliphatic rings. The van der Waals surface area contributed by atoms with Crippen molar-refractivity contribution in [2.45, 2.75) is 44.2 Å². The molecule has 0 radical (unpaired) electrons. The number of likely N-dealkylation sites (N-methyl/N-ethyl adjacent to an activating group) is 2. The summed E-state index contributed by atoms with van der Waals surface area (Å²) in [7, 11) is 8.37. The Kier molecular flexibility index (Phi) is 4.77. The van der Waals surface area contributed by atoms with Crippen LogP contribution in [0.3, 0.4) is 0 Å². The van der Waals surface area contributed by atoms with Gasteiger partial charge in [-0.3, -0.25) is 4.68 Å². The molecule has 0 bridgehead atoms. The second-order valence-electron chi connectivity index (χ2n) is 6.40. The molecule has 1 heterocycles. The van der Waals surface area contributed by atoms with E-state index in [2.05, 4.69) is 36.3 Å². The van der Waals surface area contributed by atoms with E-state index in [9.17, 15) is 0 Å². The molecule has 1 saturated carbocycles. The van der Waals surface area contributed by atoms with Crippen LogP contribution in [-0.4, -0.2) is 41.4 Å². The zero-order valence-corrected chi connectivity index (χ0v) is 14.0. The average molecular weight is 299 g/mol. The molecule has 1 fully saturated rings.